The second kappa shape index (κ2) is 7.36. The standard InChI is InChI=1S/C19H19NO2/c1-14(2)13-17(19(21)22)20-18(15-9-5-3-6-10-15)16-11-7-4-8-12-16/h3-12,17H,1,13H2,2H3,(H,21,22). The molecule has 1 atom stereocenters. The van der Waals surface area contributed by atoms with Crippen LogP contribution in [0.3, 0.4) is 0 Å². The molecule has 0 radical (unpaired) electrons. The van der Waals surface area contributed by atoms with Gasteiger partial charge in [0.2, 0.25) is 0 Å². The van der Waals surface area contributed by atoms with E-state index in [9.17, 15) is 9.90 Å². The van der Waals surface area contributed by atoms with E-state index in [4.69, 9.17) is 0 Å². The van der Waals surface area contributed by atoms with E-state index in [1.54, 1.807) is 0 Å². The van der Waals surface area contributed by atoms with Gasteiger partial charge in [-0.2, -0.15) is 0 Å². The lowest BCUT2D eigenvalue weighted by Crippen LogP contribution is -2.21. The number of aliphatic imine (C=N–C) groups is 1. The predicted molar refractivity (Wildman–Crippen MR) is 89.4 cm³/mol. The largest absolute Gasteiger partial charge is 0.480 e. The summed E-state index contributed by atoms with van der Waals surface area (Å²) in [7, 11) is 0. The number of hydrogen-bond donors (Lipinski definition) is 1. The van der Waals surface area contributed by atoms with Crippen molar-refractivity contribution in [2.75, 3.05) is 0 Å². The molecule has 0 aliphatic carbocycles. The molecule has 2 rings (SSSR count). The minimum atomic E-state index is -0.938. The van der Waals surface area contributed by atoms with E-state index in [-0.39, 0.29) is 0 Å². The van der Waals surface area contributed by atoms with E-state index in [0.29, 0.717) is 12.1 Å². The molecule has 0 saturated carbocycles. The lowest BCUT2D eigenvalue weighted by molar-refractivity contribution is -0.138. The number of carboxylic acids is 1. The molecule has 0 aromatic heterocycles. The van der Waals surface area contributed by atoms with E-state index in [1.807, 2.05) is 67.6 Å². The first-order chi connectivity index (χ1) is 10.6. The maximum absolute atomic E-state index is 11.5. The van der Waals surface area contributed by atoms with Crippen molar-refractivity contribution in [2.24, 2.45) is 4.99 Å². The van der Waals surface area contributed by atoms with Crippen molar-refractivity contribution in [3.8, 4) is 0 Å². The molecule has 2 aromatic carbocycles. The number of aliphatic carboxylic acids is 1. The van der Waals surface area contributed by atoms with Crippen molar-refractivity contribution in [1.82, 2.24) is 0 Å². The van der Waals surface area contributed by atoms with Gasteiger partial charge in [-0.05, 0) is 6.92 Å². The third-order valence-corrected chi connectivity index (χ3v) is 3.21. The Hall–Kier alpha value is -2.68. The molecule has 0 amide bonds. The monoisotopic (exact) mass is 293 g/mol. The Kier molecular flexibility index (Phi) is 5.26. The van der Waals surface area contributed by atoms with Crippen molar-refractivity contribution >= 4 is 11.7 Å². The van der Waals surface area contributed by atoms with Gasteiger partial charge < -0.3 is 5.11 Å². The Balaban J connectivity index is 2.50. The summed E-state index contributed by atoms with van der Waals surface area (Å²) in [5.74, 6) is -0.938. The highest BCUT2D eigenvalue weighted by Gasteiger charge is 2.18. The third kappa shape index (κ3) is 4.16. The van der Waals surface area contributed by atoms with E-state index in [1.165, 1.54) is 0 Å². The van der Waals surface area contributed by atoms with E-state index in [2.05, 4.69) is 11.6 Å². The second-order valence-corrected chi connectivity index (χ2v) is 5.23. The molecule has 22 heavy (non-hydrogen) atoms. The van der Waals surface area contributed by atoms with Crippen LogP contribution in [0.25, 0.3) is 0 Å². The van der Waals surface area contributed by atoms with Crippen LogP contribution in [0.1, 0.15) is 24.5 Å². The SMILES string of the molecule is C=C(C)CC(N=C(c1ccccc1)c1ccccc1)C(=O)O. The van der Waals surface area contributed by atoms with Gasteiger partial charge in [0.1, 0.15) is 0 Å². The molecule has 0 spiro atoms. The van der Waals surface area contributed by atoms with E-state index in [0.717, 1.165) is 16.7 Å². The Morgan fingerprint density at radius 2 is 1.50 bits per heavy atom. The van der Waals surface area contributed by atoms with Crippen LogP contribution >= 0.6 is 0 Å². The molecule has 0 fully saturated rings. The van der Waals surface area contributed by atoms with Crippen LogP contribution in [-0.4, -0.2) is 22.8 Å². The van der Waals surface area contributed by atoms with Gasteiger partial charge in [-0.25, -0.2) is 4.79 Å². The van der Waals surface area contributed by atoms with E-state index >= 15 is 0 Å². The van der Waals surface area contributed by atoms with Gasteiger partial charge in [0.15, 0.2) is 6.04 Å². The summed E-state index contributed by atoms with van der Waals surface area (Å²) < 4.78 is 0. The quantitative estimate of drug-likeness (QED) is 0.647. The molecule has 3 nitrogen and oxygen atoms in total. The molecule has 0 aliphatic rings. The molecular weight excluding hydrogens is 274 g/mol. The zero-order valence-corrected chi connectivity index (χ0v) is 12.6. The highest BCUT2D eigenvalue weighted by molar-refractivity contribution is 6.13. The smallest absolute Gasteiger partial charge is 0.328 e. The highest BCUT2D eigenvalue weighted by atomic mass is 16.4. The zero-order valence-electron chi connectivity index (χ0n) is 12.6. The number of hydrogen-bond acceptors (Lipinski definition) is 2. The van der Waals surface area contributed by atoms with Crippen molar-refractivity contribution in [3.05, 3.63) is 83.9 Å². The topological polar surface area (TPSA) is 49.7 Å². The predicted octanol–water partition coefficient (Wildman–Crippen LogP) is 3.94. The number of nitrogens with zero attached hydrogens (tertiary/aromatic N) is 1. The lowest BCUT2D eigenvalue weighted by atomic mass is 10.0. The summed E-state index contributed by atoms with van der Waals surface area (Å²) in [4.78, 5) is 16.0. The number of carbonyl (C=O) groups is 1. The molecule has 1 unspecified atom stereocenters. The fourth-order valence-electron chi connectivity index (χ4n) is 2.18. The third-order valence-electron chi connectivity index (χ3n) is 3.21. The maximum atomic E-state index is 11.5. The molecule has 1 N–H and O–H groups in total. The minimum absolute atomic E-state index is 0.332. The zero-order chi connectivity index (χ0) is 15.9. The molecule has 0 saturated heterocycles. The summed E-state index contributed by atoms with van der Waals surface area (Å²) in [6.45, 7) is 5.61. The van der Waals surface area contributed by atoms with Crippen LogP contribution < -0.4 is 0 Å². The average molecular weight is 293 g/mol. The summed E-state index contributed by atoms with van der Waals surface area (Å²) in [5.41, 5.74) is 3.30. The van der Waals surface area contributed by atoms with Gasteiger partial charge in [-0.15, -0.1) is 6.58 Å². The Labute approximate surface area is 130 Å². The molecular formula is C19H19NO2. The van der Waals surface area contributed by atoms with Crippen molar-refractivity contribution in [2.45, 2.75) is 19.4 Å². The molecule has 0 aliphatic heterocycles. The van der Waals surface area contributed by atoms with Gasteiger partial charge >= 0.3 is 5.97 Å². The van der Waals surface area contributed by atoms with Crippen LogP contribution in [-0.2, 0) is 4.79 Å². The fraction of sp³-hybridized carbons (Fsp3) is 0.158. The van der Waals surface area contributed by atoms with Crippen molar-refractivity contribution < 1.29 is 9.90 Å². The van der Waals surface area contributed by atoms with Gasteiger partial charge in [0, 0.05) is 17.5 Å². The Morgan fingerprint density at radius 3 is 1.86 bits per heavy atom. The number of carboxylic acid groups (broad SMARTS) is 1. The second-order valence-electron chi connectivity index (χ2n) is 5.23. The first kappa shape index (κ1) is 15.7. The first-order valence-electron chi connectivity index (χ1n) is 7.13. The first-order valence-corrected chi connectivity index (χ1v) is 7.13. The minimum Gasteiger partial charge on any atom is -0.480 e. The molecule has 3 heteroatoms. The molecule has 0 heterocycles. The summed E-state index contributed by atoms with van der Waals surface area (Å²) in [6, 6.07) is 18.4. The van der Waals surface area contributed by atoms with Crippen molar-refractivity contribution in [3.63, 3.8) is 0 Å². The molecule has 112 valence electrons. The average Bonchev–Trinajstić information content (AvgIpc) is 2.52. The van der Waals surface area contributed by atoms with Crippen LogP contribution in [0, 0.1) is 0 Å². The number of benzene rings is 2. The van der Waals surface area contributed by atoms with Crippen LogP contribution in [0.15, 0.2) is 77.8 Å². The maximum Gasteiger partial charge on any atom is 0.328 e. The van der Waals surface area contributed by atoms with Gasteiger partial charge in [-0.3, -0.25) is 4.99 Å². The molecule has 2 aromatic rings. The highest BCUT2D eigenvalue weighted by Crippen LogP contribution is 2.15. The Bertz CT molecular complexity index is 634. The molecule has 0 bridgehead atoms. The van der Waals surface area contributed by atoms with Gasteiger partial charge in [0.25, 0.3) is 0 Å². The van der Waals surface area contributed by atoms with Gasteiger partial charge in [-0.1, -0.05) is 66.2 Å². The number of rotatable bonds is 6. The van der Waals surface area contributed by atoms with Crippen LogP contribution in [0.5, 0.6) is 0 Å². The normalized spacial score (nSPS) is 11.5. The summed E-state index contributed by atoms with van der Waals surface area (Å²) >= 11 is 0. The van der Waals surface area contributed by atoms with Crippen LogP contribution in [0.4, 0.5) is 0 Å². The fourth-order valence-corrected chi connectivity index (χ4v) is 2.18. The Morgan fingerprint density at radius 1 is 1.05 bits per heavy atom. The lowest BCUT2D eigenvalue weighted by Gasteiger charge is -2.12. The summed E-state index contributed by atoms with van der Waals surface area (Å²) in [6.07, 6.45) is 0.332. The van der Waals surface area contributed by atoms with Gasteiger partial charge in [0.05, 0.1) is 5.71 Å². The summed E-state index contributed by atoms with van der Waals surface area (Å²) in [5, 5.41) is 9.42. The van der Waals surface area contributed by atoms with Crippen molar-refractivity contribution in [1.29, 1.82) is 0 Å². The van der Waals surface area contributed by atoms with Crippen LogP contribution in [0.2, 0.25) is 0 Å². The van der Waals surface area contributed by atoms with E-state index < -0.39 is 12.0 Å².